The number of rotatable bonds is 8. The van der Waals surface area contributed by atoms with Crippen molar-refractivity contribution >= 4 is 10.0 Å². The van der Waals surface area contributed by atoms with Crippen LogP contribution in [0.1, 0.15) is 58.7 Å². The summed E-state index contributed by atoms with van der Waals surface area (Å²) in [5.41, 5.74) is 0.613. The standard InChI is InChI=1S/C14H26N2O3S/c1-5-6-7-12(4)15-20(18,19)14-8-13(10-17)16(9-14)11(2)3/h8-9,11-12,15,17H,5-7,10H2,1-4H3. The van der Waals surface area contributed by atoms with Gasteiger partial charge in [-0.3, -0.25) is 0 Å². The molecule has 0 saturated carbocycles. The zero-order chi connectivity index (χ0) is 15.3. The summed E-state index contributed by atoms with van der Waals surface area (Å²) in [5.74, 6) is 0. The third-order valence-electron chi connectivity index (χ3n) is 3.28. The smallest absolute Gasteiger partial charge is 0.242 e. The zero-order valence-corrected chi connectivity index (χ0v) is 13.6. The van der Waals surface area contributed by atoms with Gasteiger partial charge in [0.1, 0.15) is 0 Å². The van der Waals surface area contributed by atoms with Gasteiger partial charge in [-0.05, 0) is 33.3 Å². The predicted octanol–water partition coefficient (Wildman–Crippen LogP) is 2.42. The molecule has 0 bridgehead atoms. The van der Waals surface area contributed by atoms with E-state index in [0.717, 1.165) is 19.3 Å². The molecule has 20 heavy (non-hydrogen) atoms. The number of aliphatic hydroxyl groups is 1. The second-order valence-electron chi connectivity index (χ2n) is 5.49. The minimum atomic E-state index is -3.52. The molecule has 0 amide bonds. The number of nitrogens with zero attached hydrogens (tertiary/aromatic N) is 1. The number of nitrogens with one attached hydrogen (secondary N) is 1. The van der Waals surface area contributed by atoms with Crippen molar-refractivity contribution in [3.8, 4) is 0 Å². The van der Waals surface area contributed by atoms with Crippen LogP contribution < -0.4 is 4.72 Å². The number of sulfonamides is 1. The van der Waals surface area contributed by atoms with Crippen molar-refractivity contribution in [1.82, 2.24) is 9.29 Å². The topological polar surface area (TPSA) is 71.3 Å². The molecular weight excluding hydrogens is 276 g/mol. The molecule has 1 rings (SSSR count). The number of unbranched alkanes of at least 4 members (excludes halogenated alkanes) is 1. The molecule has 1 aromatic rings. The normalized spacial score (nSPS) is 13.9. The SMILES string of the molecule is CCCCC(C)NS(=O)(=O)c1cc(CO)n(C(C)C)c1. The molecule has 2 N–H and O–H groups in total. The van der Waals surface area contributed by atoms with Gasteiger partial charge in [-0.2, -0.15) is 0 Å². The summed E-state index contributed by atoms with van der Waals surface area (Å²) in [4.78, 5) is 0.221. The predicted molar refractivity (Wildman–Crippen MR) is 80.0 cm³/mol. The van der Waals surface area contributed by atoms with Gasteiger partial charge < -0.3 is 9.67 Å². The molecule has 0 aromatic carbocycles. The van der Waals surface area contributed by atoms with Crippen LogP contribution in [0, 0.1) is 0 Å². The Morgan fingerprint density at radius 3 is 2.45 bits per heavy atom. The molecule has 0 aliphatic rings. The second kappa shape index (κ2) is 7.24. The maximum atomic E-state index is 12.3. The van der Waals surface area contributed by atoms with Crippen molar-refractivity contribution in [3.05, 3.63) is 18.0 Å². The summed E-state index contributed by atoms with van der Waals surface area (Å²) in [6.07, 6.45) is 4.46. The van der Waals surface area contributed by atoms with E-state index in [9.17, 15) is 13.5 Å². The van der Waals surface area contributed by atoms with Crippen LogP contribution >= 0.6 is 0 Å². The molecule has 1 heterocycles. The summed E-state index contributed by atoms with van der Waals surface area (Å²) < 4.78 is 29.1. The van der Waals surface area contributed by atoms with Crippen LogP contribution in [0.15, 0.2) is 17.2 Å². The van der Waals surface area contributed by atoms with Crippen molar-refractivity contribution in [2.24, 2.45) is 0 Å². The minimum Gasteiger partial charge on any atom is -0.390 e. The fraction of sp³-hybridized carbons (Fsp3) is 0.714. The fourth-order valence-corrected chi connectivity index (χ4v) is 3.48. The summed E-state index contributed by atoms with van der Waals surface area (Å²) in [6, 6.07) is 1.56. The molecule has 5 nitrogen and oxygen atoms in total. The highest BCUT2D eigenvalue weighted by molar-refractivity contribution is 7.89. The fourth-order valence-electron chi connectivity index (χ4n) is 2.15. The van der Waals surface area contributed by atoms with Crippen LogP contribution in [-0.2, 0) is 16.6 Å². The van der Waals surface area contributed by atoms with E-state index >= 15 is 0 Å². The Hall–Kier alpha value is -0.850. The Bertz CT molecular complexity index is 521. The van der Waals surface area contributed by atoms with Gasteiger partial charge in [0.25, 0.3) is 0 Å². The van der Waals surface area contributed by atoms with Crippen molar-refractivity contribution in [2.75, 3.05) is 0 Å². The highest BCUT2D eigenvalue weighted by Gasteiger charge is 2.21. The van der Waals surface area contributed by atoms with Crippen molar-refractivity contribution < 1.29 is 13.5 Å². The van der Waals surface area contributed by atoms with Crippen LogP contribution in [0.5, 0.6) is 0 Å². The van der Waals surface area contributed by atoms with Crippen molar-refractivity contribution in [1.29, 1.82) is 0 Å². The molecule has 0 aliphatic carbocycles. The monoisotopic (exact) mass is 302 g/mol. The Morgan fingerprint density at radius 1 is 1.35 bits per heavy atom. The van der Waals surface area contributed by atoms with Gasteiger partial charge in [0.15, 0.2) is 0 Å². The van der Waals surface area contributed by atoms with E-state index in [4.69, 9.17) is 0 Å². The first kappa shape index (κ1) is 17.2. The highest BCUT2D eigenvalue weighted by atomic mass is 32.2. The van der Waals surface area contributed by atoms with Crippen LogP contribution in [0.4, 0.5) is 0 Å². The molecule has 1 aromatic heterocycles. The van der Waals surface area contributed by atoms with Gasteiger partial charge in [0.05, 0.1) is 11.5 Å². The first-order valence-electron chi connectivity index (χ1n) is 7.15. The maximum absolute atomic E-state index is 12.3. The number of aromatic nitrogens is 1. The maximum Gasteiger partial charge on any atom is 0.242 e. The lowest BCUT2D eigenvalue weighted by atomic mass is 10.2. The van der Waals surface area contributed by atoms with Gasteiger partial charge in [0, 0.05) is 24.0 Å². The number of hydrogen-bond donors (Lipinski definition) is 2. The van der Waals surface area contributed by atoms with Crippen molar-refractivity contribution in [2.45, 2.75) is 70.5 Å². The molecule has 1 unspecified atom stereocenters. The largest absolute Gasteiger partial charge is 0.390 e. The molecule has 0 fully saturated rings. The van der Waals surface area contributed by atoms with Gasteiger partial charge in [0.2, 0.25) is 10.0 Å². The molecular formula is C14H26N2O3S. The van der Waals surface area contributed by atoms with Crippen LogP contribution in [-0.4, -0.2) is 24.1 Å². The Morgan fingerprint density at radius 2 is 2.00 bits per heavy atom. The first-order valence-corrected chi connectivity index (χ1v) is 8.64. The lowest BCUT2D eigenvalue weighted by Gasteiger charge is -2.13. The van der Waals surface area contributed by atoms with E-state index in [1.54, 1.807) is 10.8 Å². The van der Waals surface area contributed by atoms with E-state index in [1.807, 2.05) is 20.8 Å². The van der Waals surface area contributed by atoms with Crippen LogP contribution in [0.25, 0.3) is 0 Å². The molecule has 0 aliphatic heterocycles. The van der Waals surface area contributed by atoms with Gasteiger partial charge >= 0.3 is 0 Å². The number of aliphatic hydroxyl groups excluding tert-OH is 1. The van der Waals surface area contributed by atoms with Crippen LogP contribution in [0.2, 0.25) is 0 Å². The molecule has 116 valence electrons. The van der Waals surface area contributed by atoms with Gasteiger partial charge in [-0.15, -0.1) is 0 Å². The molecule has 0 spiro atoms. The summed E-state index contributed by atoms with van der Waals surface area (Å²) >= 11 is 0. The highest BCUT2D eigenvalue weighted by Crippen LogP contribution is 2.19. The quantitative estimate of drug-likeness (QED) is 0.774. The minimum absolute atomic E-state index is 0.0834. The molecule has 1 atom stereocenters. The van der Waals surface area contributed by atoms with Gasteiger partial charge in [-0.1, -0.05) is 19.8 Å². The summed E-state index contributed by atoms with van der Waals surface area (Å²) in [5, 5.41) is 9.31. The van der Waals surface area contributed by atoms with E-state index in [2.05, 4.69) is 11.6 Å². The lowest BCUT2D eigenvalue weighted by molar-refractivity contribution is 0.268. The van der Waals surface area contributed by atoms with E-state index in [-0.39, 0.29) is 23.6 Å². The summed E-state index contributed by atoms with van der Waals surface area (Å²) in [6.45, 7) is 7.69. The van der Waals surface area contributed by atoms with E-state index in [0.29, 0.717) is 5.69 Å². The average molecular weight is 302 g/mol. The van der Waals surface area contributed by atoms with Crippen LogP contribution in [0.3, 0.4) is 0 Å². The number of hydrogen-bond acceptors (Lipinski definition) is 3. The van der Waals surface area contributed by atoms with Gasteiger partial charge in [-0.25, -0.2) is 13.1 Å². The van der Waals surface area contributed by atoms with E-state index < -0.39 is 10.0 Å². The second-order valence-corrected chi connectivity index (χ2v) is 7.20. The third-order valence-corrected chi connectivity index (χ3v) is 4.84. The Balaban J connectivity index is 2.92. The third kappa shape index (κ3) is 4.33. The Labute approximate surface area is 122 Å². The Kier molecular flexibility index (Phi) is 6.23. The molecule has 6 heteroatoms. The first-order chi connectivity index (χ1) is 9.31. The van der Waals surface area contributed by atoms with E-state index in [1.165, 1.54) is 6.07 Å². The summed E-state index contributed by atoms with van der Waals surface area (Å²) in [7, 11) is -3.52. The van der Waals surface area contributed by atoms with Crippen molar-refractivity contribution in [3.63, 3.8) is 0 Å². The lowest BCUT2D eigenvalue weighted by Crippen LogP contribution is -2.32. The molecule has 0 saturated heterocycles. The zero-order valence-electron chi connectivity index (χ0n) is 12.8. The average Bonchev–Trinajstić information content (AvgIpc) is 2.80. The molecule has 0 radical (unpaired) electrons.